The van der Waals surface area contributed by atoms with E-state index in [1.165, 1.54) is 0 Å². The molecule has 21 heavy (non-hydrogen) atoms. The van der Waals surface area contributed by atoms with E-state index >= 15 is 0 Å². The summed E-state index contributed by atoms with van der Waals surface area (Å²) in [6.45, 7) is 5.67. The third-order valence-electron chi connectivity index (χ3n) is 3.78. The van der Waals surface area contributed by atoms with E-state index in [4.69, 9.17) is 10.5 Å². The van der Waals surface area contributed by atoms with Gasteiger partial charge in [0.1, 0.15) is 12.4 Å². The quantitative estimate of drug-likeness (QED) is 0.818. The molecule has 1 aliphatic rings. The maximum absolute atomic E-state index is 9.92. The standard InChI is InChI=1S/C17H24N2O2/c1-17(20)7-10-19(11-8-17)12-13-21-16-6-2-4-15(14-16)5-3-9-18/h2,4,6,14,20H,7-13,18H2,1H3. The molecule has 2 rings (SSSR count). The molecule has 0 bridgehead atoms. The van der Waals surface area contributed by atoms with Crippen LogP contribution in [0.2, 0.25) is 0 Å². The van der Waals surface area contributed by atoms with Crippen molar-refractivity contribution in [3.63, 3.8) is 0 Å². The number of rotatable bonds is 4. The molecule has 1 aromatic carbocycles. The number of piperidine rings is 1. The molecule has 0 spiro atoms. The van der Waals surface area contributed by atoms with Crippen molar-refractivity contribution in [1.82, 2.24) is 4.90 Å². The molecular weight excluding hydrogens is 264 g/mol. The summed E-state index contributed by atoms with van der Waals surface area (Å²) in [5, 5.41) is 9.92. The Kier molecular flexibility index (Phi) is 5.63. The maximum Gasteiger partial charge on any atom is 0.120 e. The normalized spacial score (nSPS) is 17.9. The third kappa shape index (κ3) is 5.39. The van der Waals surface area contributed by atoms with Gasteiger partial charge in [-0.25, -0.2) is 0 Å². The van der Waals surface area contributed by atoms with E-state index in [1.54, 1.807) is 0 Å². The maximum atomic E-state index is 9.92. The second kappa shape index (κ2) is 7.46. The second-order valence-corrected chi connectivity index (χ2v) is 5.72. The largest absolute Gasteiger partial charge is 0.492 e. The summed E-state index contributed by atoms with van der Waals surface area (Å²) >= 11 is 0. The first kappa shape index (κ1) is 15.8. The molecule has 1 fully saturated rings. The second-order valence-electron chi connectivity index (χ2n) is 5.72. The third-order valence-corrected chi connectivity index (χ3v) is 3.78. The summed E-state index contributed by atoms with van der Waals surface area (Å²) in [6.07, 6.45) is 1.66. The van der Waals surface area contributed by atoms with Crippen molar-refractivity contribution in [1.29, 1.82) is 0 Å². The van der Waals surface area contributed by atoms with Crippen LogP contribution in [0.3, 0.4) is 0 Å². The Morgan fingerprint density at radius 3 is 2.86 bits per heavy atom. The van der Waals surface area contributed by atoms with Gasteiger partial charge in [0.25, 0.3) is 0 Å². The number of hydrogen-bond donors (Lipinski definition) is 2. The topological polar surface area (TPSA) is 58.7 Å². The molecule has 0 aromatic heterocycles. The van der Waals surface area contributed by atoms with Crippen molar-refractivity contribution < 1.29 is 9.84 Å². The van der Waals surface area contributed by atoms with Crippen LogP contribution in [0, 0.1) is 11.8 Å². The van der Waals surface area contributed by atoms with Crippen molar-refractivity contribution in [2.24, 2.45) is 5.73 Å². The highest BCUT2D eigenvalue weighted by Crippen LogP contribution is 2.20. The fraction of sp³-hybridized carbons (Fsp3) is 0.529. The summed E-state index contributed by atoms with van der Waals surface area (Å²) in [5.74, 6) is 6.67. The van der Waals surface area contributed by atoms with Gasteiger partial charge in [-0.05, 0) is 38.0 Å². The van der Waals surface area contributed by atoms with Crippen molar-refractivity contribution in [2.75, 3.05) is 32.8 Å². The van der Waals surface area contributed by atoms with Crippen molar-refractivity contribution in [2.45, 2.75) is 25.4 Å². The van der Waals surface area contributed by atoms with Gasteiger partial charge in [-0.2, -0.15) is 0 Å². The Labute approximate surface area is 126 Å². The highest BCUT2D eigenvalue weighted by Gasteiger charge is 2.26. The molecule has 114 valence electrons. The molecule has 0 atom stereocenters. The monoisotopic (exact) mass is 288 g/mol. The van der Waals surface area contributed by atoms with Gasteiger partial charge < -0.3 is 15.6 Å². The SMILES string of the molecule is CC1(O)CCN(CCOc2cccc(C#CCN)c2)CC1. The van der Waals surface area contributed by atoms with Gasteiger partial charge in [0.15, 0.2) is 0 Å². The van der Waals surface area contributed by atoms with Crippen LogP contribution in [0.5, 0.6) is 5.75 Å². The molecule has 1 heterocycles. The van der Waals surface area contributed by atoms with Crippen LogP contribution >= 0.6 is 0 Å². The number of nitrogens with zero attached hydrogens (tertiary/aromatic N) is 1. The first-order valence-corrected chi connectivity index (χ1v) is 7.46. The van der Waals surface area contributed by atoms with E-state index in [1.807, 2.05) is 31.2 Å². The first-order valence-electron chi connectivity index (χ1n) is 7.46. The molecule has 0 saturated carbocycles. The van der Waals surface area contributed by atoms with Gasteiger partial charge in [0.2, 0.25) is 0 Å². The summed E-state index contributed by atoms with van der Waals surface area (Å²) in [7, 11) is 0. The molecule has 1 aromatic rings. The summed E-state index contributed by atoms with van der Waals surface area (Å²) < 4.78 is 5.78. The predicted octanol–water partition coefficient (Wildman–Crippen LogP) is 1.22. The minimum atomic E-state index is -0.493. The molecule has 1 saturated heterocycles. The lowest BCUT2D eigenvalue weighted by atomic mass is 9.94. The van der Waals surface area contributed by atoms with Crippen LogP contribution in [0.4, 0.5) is 0 Å². The predicted molar refractivity (Wildman–Crippen MR) is 84.2 cm³/mol. The Balaban J connectivity index is 1.76. The minimum absolute atomic E-state index is 0.365. The van der Waals surface area contributed by atoms with E-state index in [2.05, 4.69) is 16.7 Å². The Bertz CT molecular complexity index is 507. The first-order chi connectivity index (χ1) is 10.1. The van der Waals surface area contributed by atoms with Crippen LogP contribution in [-0.4, -0.2) is 48.4 Å². The number of aliphatic hydroxyl groups is 1. The van der Waals surface area contributed by atoms with Crippen LogP contribution in [0.15, 0.2) is 24.3 Å². The fourth-order valence-electron chi connectivity index (χ4n) is 2.37. The van der Waals surface area contributed by atoms with Crippen LogP contribution in [0.25, 0.3) is 0 Å². The molecule has 0 unspecified atom stereocenters. The number of nitrogens with two attached hydrogens (primary N) is 1. The fourth-order valence-corrected chi connectivity index (χ4v) is 2.37. The molecule has 0 aliphatic carbocycles. The zero-order valence-electron chi connectivity index (χ0n) is 12.6. The molecule has 1 aliphatic heterocycles. The Morgan fingerprint density at radius 2 is 2.14 bits per heavy atom. The Hall–Kier alpha value is -1.54. The molecular formula is C17H24N2O2. The summed E-state index contributed by atoms with van der Waals surface area (Å²) in [6, 6.07) is 7.76. The highest BCUT2D eigenvalue weighted by atomic mass is 16.5. The van der Waals surface area contributed by atoms with Crippen molar-refractivity contribution in [3.05, 3.63) is 29.8 Å². The van der Waals surface area contributed by atoms with Gasteiger partial charge in [-0.1, -0.05) is 17.9 Å². The average Bonchev–Trinajstić information content (AvgIpc) is 2.47. The average molecular weight is 288 g/mol. The van der Waals surface area contributed by atoms with Gasteiger partial charge >= 0.3 is 0 Å². The lowest BCUT2D eigenvalue weighted by molar-refractivity contribution is -0.00768. The number of hydrogen-bond acceptors (Lipinski definition) is 4. The molecule has 3 N–H and O–H groups in total. The number of ether oxygens (including phenoxy) is 1. The highest BCUT2D eigenvalue weighted by molar-refractivity contribution is 5.39. The molecule has 0 amide bonds. The Morgan fingerprint density at radius 1 is 1.38 bits per heavy atom. The van der Waals surface area contributed by atoms with Crippen LogP contribution < -0.4 is 10.5 Å². The smallest absolute Gasteiger partial charge is 0.120 e. The van der Waals surface area contributed by atoms with Gasteiger partial charge in [0.05, 0.1) is 12.1 Å². The molecule has 0 radical (unpaired) electrons. The summed E-state index contributed by atoms with van der Waals surface area (Å²) in [4.78, 5) is 2.33. The summed E-state index contributed by atoms with van der Waals surface area (Å²) in [5.41, 5.74) is 5.80. The van der Waals surface area contributed by atoms with E-state index in [-0.39, 0.29) is 0 Å². The molecule has 4 heteroatoms. The van der Waals surface area contributed by atoms with E-state index in [9.17, 15) is 5.11 Å². The van der Waals surface area contributed by atoms with Crippen molar-refractivity contribution >= 4 is 0 Å². The minimum Gasteiger partial charge on any atom is -0.492 e. The lowest BCUT2D eigenvalue weighted by Crippen LogP contribution is -2.43. The van der Waals surface area contributed by atoms with E-state index in [0.717, 1.165) is 43.8 Å². The van der Waals surface area contributed by atoms with Crippen molar-refractivity contribution in [3.8, 4) is 17.6 Å². The van der Waals surface area contributed by atoms with E-state index < -0.39 is 5.60 Å². The zero-order valence-corrected chi connectivity index (χ0v) is 12.6. The van der Waals surface area contributed by atoms with Gasteiger partial charge in [0, 0.05) is 25.2 Å². The van der Waals surface area contributed by atoms with Gasteiger partial charge in [-0.15, -0.1) is 0 Å². The number of likely N-dealkylation sites (tertiary alicyclic amines) is 1. The number of benzene rings is 1. The lowest BCUT2D eigenvalue weighted by Gasteiger charge is -2.35. The van der Waals surface area contributed by atoms with Crippen LogP contribution in [-0.2, 0) is 0 Å². The molecule has 4 nitrogen and oxygen atoms in total. The van der Waals surface area contributed by atoms with E-state index in [0.29, 0.717) is 13.2 Å². The zero-order chi connectivity index (χ0) is 15.1. The van der Waals surface area contributed by atoms with Crippen LogP contribution in [0.1, 0.15) is 25.3 Å². The van der Waals surface area contributed by atoms with Gasteiger partial charge in [-0.3, -0.25) is 4.90 Å².